The molecule has 2 aromatic carbocycles. The Kier molecular flexibility index (Phi) is 4.42. The average Bonchev–Trinajstić information content (AvgIpc) is 2.58. The second kappa shape index (κ2) is 6.83. The molecular weight excluding hydrogens is 318 g/mol. The standard InChI is InChI=1S/C17H17N7O/c18-16(19)23-17(20)22-12-6-7-14-13(8-12)15(25)24(10-21-14)9-11-4-2-1-3-5-11/h1-8,10H,9H2,(H6,18,19,20,22,23). The van der Waals surface area contributed by atoms with Gasteiger partial charge in [0, 0.05) is 0 Å². The van der Waals surface area contributed by atoms with E-state index in [1.165, 1.54) is 6.33 Å². The van der Waals surface area contributed by atoms with Crippen molar-refractivity contribution in [2.24, 2.45) is 27.2 Å². The highest BCUT2D eigenvalue weighted by molar-refractivity contribution is 5.94. The first-order valence-corrected chi connectivity index (χ1v) is 7.50. The monoisotopic (exact) mass is 335 g/mol. The first-order valence-electron chi connectivity index (χ1n) is 7.50. The Balaban J connectivity index is 2.02. The Labute approximate surface area is 143 Å². The molecule has 1 aromatic heterocycles. The maximum absolute atomic E-state index is 12.7. The number of benzene rings is 2. The smallest absolute Gasteiger partial charge is 0.261 e. The van der Waals surface area contributed by atoms with Crippen molar-refractivity contribution in [2.45, 2.75) is 6.54 Å². The van der Waals surface area contributed by atoms with Crippen LogP contribution < -0.4 is 22.8 Å². The van der Waals surface area contributed by atoms with Gasteiger partial charge in [-0.05, 0) is 23.8 Å². The maximum atomic E-state index is 12.7. The average molecular weight is 335 g/mol. The van der Waals surface area contributed by atoms with Gasteiger partial charge >= 0.3 is 0 Å². The molecule has 0 fully saturated rings. The number of guanidine groups is 2. The van der Waals surface area contributed by atoms with Crippen LogP contribution in [0.2, 0.25) is 0 Å². The van der Waals surface area contributed by atoms with Gasteiger partial charge in [0.05, 0.1) is 29.5 Å². The molecule has 0 spiro atoms. The van der Waals surface area contributed by atoms with Crippen LogP contribution >= 0.6 is 0 Å². The molecule has 3 rings (SSSR count). The molecule has 8 heteroatoms. The van der Waals surface area contributed by atoms with Gasteiger partial charge in [-0.15, -0.1) is 0 Å². The van der Waals surface area contributed by atoms with Gasteiger partial charge in [0.2, 0.25) is 5.96 Å². The van der Waals surface area contributed by atoms with E-state index in [0.29, 0.717) is 23.1 Å². The molecule has 126 valence electrons. The summed E-state index contributed by atoms with van der Waals surface area (Å²) in [6.07, 6.45) is 1.54. The largest absolute Gasteiger partial charge is 0.370 e. The van der Waals surface area contributed by atoms with Gasteiger partial charge in [-0.2, -0.15) is 4.99 Å². The van der Waals surface area contributed by atoms with Gasteiger partial charge in [0.25, 0.3) is 5.56 Å². The van der Waals surface area contributed by atoms with Crippen molar-refractivity contribution in [1.82, 2.24) is 9.55 Å². The van der Waals surface area contributed by atoms with Crippen molar-refractivity contribution >= 4 is 28.5 Å². The van der Waals surface area contributed by atoms with E-state index in [9.17, 15) is 4.79 Å². The van der Waals surface area contributed by atoms with Crippen LogP contribution in [0.25, 0.3) is 10.9 Å². The van der Waals surface area contributed by atoms with E-state index < -0.39 is 0 Å². The molecule has 0 aliphatic rings. The predicted octanol–water partition coefficient (Wildman–Crippen LogP) is 0.664. The normalized spacial score (nSPS) is 11.4. The van der Waals surface area contributed by atoms with Crippen molar-refractivity contribution in [3.63, 3.8) is 0 Å². The zero-order valence-corrected chi connectivity index (χ0v) is 13.3. The van der Waals surface area contributed by atoms with E-state index in [-0.39, 0.29) is 17.5 Å². The lowest BCUT2D eigenvalue weighted by Gasteiger charge is -2.07. The molecule has 1 heterocycles. The second-order valence-electron chi connectivity index (χ2n) is 5.37. The number of fused-ring (bicyclic) bond motifs is 1. The number of nitrogens with two attached hydrogens (primary N) is 3. The lowest BCUT2D eigenvalue weighted by molar-refractivity contribution is 0.748. The molecule has 0 unspecified atom stereocenters. The Hall–Kier alpha value is -3.68. The number of hydrogen-bond acceptors (Lipinski definition) is 3. The quantitative estimate of drug-likeness (QED) is 0.477. The molecule has 0 saturated heterocycles. The van der Waals surface area contributed by atoms with E-state index in [1.54, 1.807) is 22.8 Å². The molecule has 0 aliphatic carbocycles. The summed E-state index contributed by atoms with van der Waals surface area (Å²) in [4.78, 5) is 24.8. The van der Waals surface area contributed by atoms with Crippen molar-refractivity contribution in [3.8, 4) is 0 Å². The third-order valence-corrected chi connectivity index (χ3v) is 3.49. The van der Waals surface area contributed by atoms with Crippen LogP contribution in [0, 0.1) is 0 Å². The van der Waals surface area contributed by atoms with E-state index in [2.05, 4.69) is 15.0 Å². The first kappa shape index (κ1) is 16.2. The van der Waals surface area contributed by atoms with E-state index >= 15 is 0 Å². The van der Waals surface area contributed by atoms with Crippen LogP contribution in [-0.4, -0.2) is 21.5 Å². The highest BCUT2D eigenvalue weighted by Gasteiger charge is 2.06. The van der Waals surface area contributed by atoms with Crippen LogP contribution in [0.5, 0.6) is 0 Å². The molecule has 6 N–H and O–H groups in total. The number of aromatic nitrogens is 2. The Morgan fingerprint density at radius 2 is 1.84 bits per heavy atom. The predicted molar refractivity (Wildman–Crippen MR) is 98.6 cm³/mol. The zero-order chi connectivity index (χ0) is 17.8. The van der Waals surface area contributed by atoms with Crippen molar-refractivity contribution in [1.29, 1.82) is 0 Å². The van der Waals surface area contributed by atoms with E-state index in [4.69, 9.17) is 17.2 Å². The highest BCUT2D eigenvalue weighted by Crippen LogP contribution is 2.17. The van der Waals surface area contributed by atoms with Crippen LogP contribution in [0.1, 0.15) is 5.56 Å². The number of nitrogens with zero attached hydrogens (tertiary/aromatic N) is 4. The van der Waals surface area contributed by atoms with Gasteiger partial charge in [0.15, 0.2) is 5.96 Å². The lowest BCUT2D eigenvalue weighted by atomic mass is 10.2. The fraction of sp³-hybridized carbons (Fsp3) is 0.0588. The summed E-state index contributed by atoms with van der Waals surface area (Å²) < 4.78 is 1.55. The maximum Gasteiger partial charge on any atom is 0.261 e. The number of aliphatic imine (C=N–C) groups is 2. The zero-order valence-electron chi connectivity index (χ0n) is 13.3. The summed E-state index contributed by atoms with van der Waals surface area (Å²) >= 11 is 0. The van der Waals surface area contributed by atoms with Crippen LogP contribution in [0.15, 0.2) is 69.6 Å². The van der Waals surface area contributed by atoms with Crippen LogP contribution in [-0.2, 0) is 6.54 Å². The van der Waals surface area contributed by atoms with Crippen molar-refractivity contribution < 1.29 is 0 Å². The SMILES string of the molecule is NC(N)=NC(N)=Nc1ccc2ncn(Cc3ccccc3)c(=O)c2c1. The minimum Gasteiger partial charge on any atom is -0.370 e. The molecule has 0 bridgehead atoms. The molecule has 0 amide bonds. The summed E-state index contributed by atoms with van der Waals surface area (Å²) in [5, 5.41) is 0.442. The minimum atomic E-state index is -0.186. The molecule has 0 radical (unpaired) electrons. The summed E-state index contributed by atoms with van der Waals surface area (Å²) in [5.74, 6) is -0.276. The topological polar surface area (TPSA) is 138 Å². The fourth-order valence-corrected chi connectivity index (χ4v) is 2.40. The van der Waals surface area contributed by atoms with Crippen LogP contribution in [0.3, 0.4) is 0 Å². The number of hydrogen-bond donors (Lipinski definition) is 3. The molecule has 0 atom stereocenters. The second-order valence-corrected chi connectivity index (χ2v) is 5.37. The molecule has 0 aliphatic heterocycles. The Morgan fingerprint density at radius 3 is 2.56 bits per heavy atom. The molecule has 8 nitrogen and oxygen atoms in total. The number of rotatable bonds is 3. The highest BCUT2D eigenvalue weighted by atomic mass is 16.1. The third-order valence-electron chi connectivity index (χ3n) is 3.49. The molecule has 3 aromatic rings. The Morgan fingerprint density at radius 1 is 1.08 bits per heavy atom. The van der Waals surface area contributed by atoms with Crippen molar-refractivity contribution in [2.75, 3.05) is 0 Å². The van der Waals surface area contributed by atoms with Gasteiger partial charge in [0.1, 0.15) is 0 Å². The van der Waals surface area contributed by atoms with E-state index in [1.807, 2.05) is 30.3 Å². The molecule has 25 heavy (non-hydrogen) atoms. The van der Waals surface area contributed by atoms with Gasteiger partial charge < -0.3 is 17.2 Å². The summed E-state index contributed by atoms with van der Waals surface area (Å²) in [6.45, 7) is 0.437. The fourth-order valence-electron chi connectivity index (χ4n) is 2.40. The molecular formula is C17H17N7O. The van der Waals surface area contributed by atoms with Gasteiger partial charge in [-0.3, -0.25) is 9.36 Å². The van der Waals surface area contributed by atoms with Gasteiger partial charge in [-0.25, -0.2) is 9.98 Å². The summed E-state index contributed by atoms with van der Waals surface area (Å²) in [6, 6.07) is 14.7. The van der Waals surface area contributed by atoms with Crippen molar-refractivity contribution in [3.05, 3.63) is 70.8 Å². The summed E-state index contributed by atoms with van der Waals surface area (Å²) in [5.41, 5.74) is 18.0. The van der Waals surface area contributed by atoms with E-state index in [0.717, 1.165) is 5.56 Å². The third kappa shape index (κ3) is 3.81. The minimum absolute atomic E-state index is 0.0900. The molecule has 0 saturated carbocycles. The lowest BCUT2D eigenvalue weighted by Crippen LogP contribution is -2.26. The van der Waals surface area contributed by atoms with Gasteiger partial charge in [-0.1, -0.05) is 30.3 Å². The first-order chi connectivity index (χ1) is 12.0. The summed E-state index contributed by atoms with van der Waals surface area (Å²) in [7, 11) is 0. The van der Waals surface area contributed by atoms with Crippen LogP contribution in [0.4, 0.5) is 5.69 Å². The Bertz CT molecular complexity index is 1020.